The number of hydrazine groups is 2. The van der Waals surface area contributed by atoms with E-state index in [1.165, 1.54) is 18.2 Å². The van der Waals surface area contributed by atoms with Crippen molar-refractivity contribution in [2.75, 3.05) is 10.9 Å². The summed E-state index contributed by atoms with van der Waals surface area (Å²) in [6, 6.07) is 14.0. The molecule has 33 heavy (non-hydrogen) atoms. The fourth-order valence-corrected chi connectivity index (χ4v) is 2.70. The molecule has 0 saturated heterocycles. The number of nitrogens with one attached hydrogen (secondary N) is 4. The third-order valence-corrected chi connectivity index (χ3v) is 4.17. The van der Waals surface area contributed by atoms with Crippen molar-refractivity contribution >= 4 is 34.8 Å². The van der Waals surface area contributed by atoms with Crippen LogP contribution in [0.4, 0.5) is 23.0 Å². The number of rotatable bonds is 9. The Morgan fingerprint density at radius 2 is 1.42 bits per heavy atom. The highest BCUT2D eigenvalue weighted by molar-refractivity contribution is 5.98. The minimum atomic E-state index is -0.916. The van der Waals surface area contributed by atoms with Crippen molar-refractivity contribution in [1.82, 2.24) is 20.8 Å². The lowest BCUT2D eigenvalue weighted by molar-refractivity contribution is -0.385. The molecule has 0 bridgehead atoms. The van der Waals surface area contributed by atoms with Gasteiger partial charge in [0.15, 0.2) is 0 Å². The molecule has 0 spiro atoms. The molecular formula is C19H16N8O6. The van der Waals surface area contributed by atoms with E-state index < -0.39 is 38.9 Å². The zero-order valence-corrected chi connectivity index (χ0v) is 16.7. The average Bonchev–Trinajstić information content (AvgIpc) is 2.81. The summed E-state index contributed by atoms with van der Waals surface area (Å²) in [6.07, 6.45) is 0.974. The molecule has 0 aliphatic heterocycles. The van der Waals surface area contributed by atoms with E-state index in [0.717, 1.165) is 18.0 Å². The van der Waals surface area contributed by atoms with E-state index >= 15 is 0 Å². The number of aromatic nitrogens is 2. The fraction of sp³-hybridized carbons (Fsp3) is 0.0526. The van der Waals surface area contributed by atoms with Crippen molar-refractivity contribution in [2.45, 2.75) is 6.42 Å². The third kappa shape index (κ3) is 5.72. The highest BCUT2D eigenvalue weighted by Crippen LogP contribution is 2.28. The van der Waals surface area contributed by atoms with E-state index in [1.54, 1.807) is 30.3 Å². The Labute approximate surface area is 185 Å². The maximum Gasteiger partial charge on any atom is 0.356 e. The Hall–Kier alpha value is -5.14. The molecule has 0 saturated carbocycles. The maximum atomic E-state index is 12.3. The first kappa shape index (κ1) is 22.5. The molecule has 14 nitrogen and oxygen atoms in total. The van der Waals surface area contributed by atoms with E-state index in [0.29, 0.717) is 0 Å². The summed E-state index contributed by atoms with van der Waals surface area (Å²) in [6.45, 7) is 0. The number of carbonyl (C=O) groups is 2. The van der Waals surface area contributed by atoms with Gasteiger partial charge in [-0.1, -0.05) is 42.5 Å². The highest BCUT2D eigenvalue weighted by atomic mass is 16.6. The van der Waals surface area contributed by atoms with Gasteiger partial charge in [0.05, 0.1) is 16.3 Å². The van der Waals surface area contributed by atoms with Crippen molar-refractivity contribution in [3.63, 3.8) is 0 Å². The van der Waals surface area contributed by atoms with Crippen molar-refractivity contribution in [1.29, 1.82) is 0 Å². The van der Waals surface area contributed by atoms with Crippen LogP contribution < -0.4 is 21.7 Å². The van der Waals surface area contributed by atoms with E-state index in [2.05, 4.69) is 31.7 Å². The Morgan fingerprint density at radius 3 is 2.06 bits per heavy atom. The first-order chi connectivity index (χ1) is 15.9. The van der Waals surface area contributed by atoms with Crippen LogP contribution in [0.1, 0.15) is 15.9 Å². The lowest BCUT2D eigenvalue weighted by Gasteiger charge is -2.11. The molecule has 168 valence electrons. The summed E-state index contributed by atoms with van der Waals surface area (Å²) >= 11 is 0. The molecule has 14 heteroatoms. The van der Waals surface area contributed by atoms with Crippen LogP contribution in [0.25, 0.3) is 0 Å². The second kappa shape index (κ2) is 10.3. The van der Waals surface area contributed by atoms with Gasteiger partial charge >= 0.3 is 5.69 Å². The zero-order chi connectivity index (χ0) is 23.8. The molecule has 3 rings (SSSR count). The van der Waals surface area contributed by atoms with E-state index in [1.807, 2.05) is 0 Å². The fourth-order valence-electron chi connectivity index (χ4n) is 2.70. The normalized spacial score (nSPS) is 10.1. The molecule has 0 aliphatic rings. The minimum absolute atomic E-state index is 0.0176. The summed E-state index contributed by atoms with van der Waals surface area (Å²) in [5.41, 5.74) is 8.40. The van der Waals surface area contributed by atoms with Gasteiger partial charge in [-0.2, -0.15) is 0 Å². The minimum Gasteiger partial charge on any atom is -0.276 e. The summed E-state index contributed by atoms with van der Waals surface area (Å²) in [7, 11) is 0. The SMILES string of the molecule is O=C(Cc1ccccc1)NNc1ncnc(NNC(=O)c2ccccc2[N+](=O)[O-])c1[N+](=O)[O-]. The molecule has 2 aromatic carbocycles. The number of benzene rings is 2. The van der Waals surface area contributed by atoms with E-state index in [4.69, 9.17) is 0 Å². The molecule has 4 N–H and O–H groups in total. The molecule has 2 amide bonds. The number of nitrogens with zero attached hydrogens (tertiary/aromatic N) is 4. The van der Waals surface area contributed by atoms with E-state index in [-0.39, 0.29) is 17.8 Å². The van der Waals surface area contributed by atoms with Crippen LogP contribution in [0.3, 0.4) is 0 Å². The van der Waals surface area contributed by atoms with Gasteiger partial charge in [0, 0.05) is 6.07 Å². The second-order valence-corrected chi connectivity index (χ2v) is 6.37. The standard InChI is InChI=1S/C19H16N8O6/c28-15(10-12-6-2-1-3-7-12)22-23-17-16(27(32)33)18(21-11-20-17)24-25-19(29)13-8-4-5-9-14(13)26(30)31/h1-9,11H,10H2,(H,22,28)(H,25,29)(H2,20,21,23,24). The van der Waals surface area contributed by atoms with Crippen molar-refractivity contribution in [3.8, 4) is 0 Å². The molecule has 0 fully saturated rings. The topological polar surface area (TPSA) is 194 Å². The van der Waals surface area contributed by atoms with Gasteiger partial charge < -0.3 is 0 Å². The molecule has 0 aliphatic carbocycles. The van der Waals surface area contributed by atoms with Crippen LogP contribution in [-0.2, 0) is 11.2 Å². The van der Waals surface area contributed by atoms with Gasteiger partial charge in [-0.3, -0.25) is 51.5 Å². The Kier molecular flexibility index (Phi) is 7.00. The molecule has 3 aromatic rings. The Balaban J connectivity index is 1.71. The van der Waals surface area contributed by atoms with Crippen molar-refractivity contribution < 1.29 is 19.4 Å². The molecule has 0 radical (unpaired) electrons. The van der Waals surface area contributed by atoms with Crippen LogP contribution in [0, 0.1) is 20.2 Å². The maximum absolute atomic E-state index is 12.3. The first-order valence-electron chi connectivity index (χ1n) is 9.24. The number of carbonyl (C=O) groups excluding carboxylic acids is 2. The Morgan fingerprint density at radius 1 is 0.818 bits per heavy atom. The highest BCUT2D eigenvalue weighted by Gasteiger charge is 2.25. The van der Waals surface area contributed by atoms with Crippen molar-refractivity contribution in [3.05, 3.63) is 92.3 Å². The quantitative estimate of drug-likeness (QED) is 0.274. The summed E-state index contributed by atoms with van der Waals surface area (Å²) in [5, 5.41) is 22.7. The third-order valence-electron chi connectivity index (χ3n) is 4.17. The van der Waals surface area contributed by atoms with Gasteiger partial charge in [-0.15, -0.1) is 0 Å². The van der Waals surface area contributed by atoms with Crippen LogP contribution in [0.2, 0.25) is 0 Å². The predicted octanol–water partition coefficient (Wildman–Crippen LogP) is 1.74. The predicted molar refractivity (Wildman–Crippen MR) is 115 cm³/mol. The second-order valence-electron chi connectivity index (χ2n) is 6.37. The number of nitro benzene ring substituents is 1. The number of hydrogen-bond acceptors (Lipinski definition) is 10. The van der Waals surface area contributed by atoms with Gasteiger partial charge in [-0.25, -0.2) is 9.97 Å². The van der Waals surface area contributed by atoms with E-state index in [9.17, 15) is 29.8 Å². The van der Waals surface area contributed by atoms with Crippen LogP contribution >= 0.6 is 0 Å². The zero-order valence-electron chi connectivity index (χ0n) is 16.7. The summed E-state index contributed by atoms with van der Waals surface area (Å²) in [4.78, 5) is 53.0. The van der Waals surface area contributed by atoms with Gasteiger partial charge in [-0.05, 0) is 11.6 Å². The number of para-hydroxylation sites is 1. The van der Waals surface area contributed by atoms with Crippen LogP contribution in [0.5, 0.6) is 0 Å². The number of nitro groups is 2. The van der Waals surface area contributed by atoms with Crippen LogP contribution in [0.15, 0.2) is 60.9 Å². The van der Waals surface area contributed by atoms with Crippen LogP contribution in [-0.4, -0.2) is 31.6 Å². The summed E-state index contributed by atoms with van der Waals surface area (Å²) in [5.74, 6) is -2.16. The molecule has 1 heterocycles. The summed E-state index contributed by atoms with van der Waals surface area (Å²) < 4.78 is 0. The lowest BCUT2D eigenvalue weighted by Crippen LogP contribution is -2.33. The number of anilines is 2. The molecular weight excluding hydrogens is 436 g/mol. The van der Waals surface area contributed by atoms with Gasteiger partial charge in [0.1, 0.15) is 11.9 Å². The number of amides is 2. The monoisotopic (exact) mass is 452 g/mol. The largest absolute Gasteiger partial charge is 0.356 e. The smallest absolute Gasteiger partial charge is 0.276 e. The average molecular weight is 452 g/mol. The molecule has 1 aromatic heterocycles. The van der Waals surface area contributed by atoms with Crippen molar-refractivity contribution in [2.24, 2.45) is 0 Å². The Bertz CT molecular complexity index is 1200. The van der Waals surface area contributed by atoms with Gasteiger partial charge in [0.2, 0.25) is 17.5 Å². The molecule has 0 unspecified atom stereocenters. The molecule has 0 atom stereocenters. The first-order valence-corrected chi connectivity index (χ1v) is 9.24. The lowest BCUT2D eigenvalue weighted by atomic mass is 10.1. The van der Waals surface area contributed by atoms with Gasteiger partial charge in [0.25, 0.3) is 11.6 Å². The number of hydrogen-bond donors (Lipinski definition) is 4.